The van der Waals surface area contributed by atoms with Gasteiger partial charge in [-0.05, 0) is 24.3 Å². The number of nitrogens with zero attached hydrogens (tertiary/aromatic N) is 1. The van der Waals surface area contributed by atoms with Crippen LogP contribution in [0.15, 0.2) is 29.2 Å². The molecule has 1 heterocycles. The molecule has 2 rings (SSSR count). The molecule has 1 unspecified atom stereocenters. The predicted molar refractivity (Wildman–Crippen MR) is 83.5 cm³/mol. The summed E-state index contributed by atoms with van der Waals surface area (Å²) in [5.74, 6) is -2.24. The van der Waals surface area contributed by atoms with E-state index in [1.165, 1.54) is 31.2 Å². The highest BCUT2D eigenvalue weighted by atomic mass is 32.2. The van der Waals surface area contributed by atoms with Gasteiger partial charge in [0.15, 0.2) is 9.84 Å². The van der Waals surface area contributed by atoms with E-state index in [2.05, 4.69) is 5.32 Å². The second-order valence-corrected chi connectivity index (χ2v) is 7.99. The molecule has 0 aliphatic carbocycles. The van der Waals surface area contributed by atoms with Gasteiger partial charge in [-0.3, -0.25) is 9.59 Å². The quantitative estimate of drug-likeness (QED) is 0.847. The first kappa shape index (κ1) is 19.2. The lowest BCUT2D eigenvalue weighted by Gasteiger charge is -2.18. The fraction of sp³-hybridized carbons (Fsp3) is 0.467. The second-order valence-electron chi connectivity index (χ2n) is 5.71. The van der Waals surface area contributed by atoms with Gasteiger partial charge >= 0.3 is 6.18 Å². The Bertz CT molecular complexity index is 760. The molecule has 1 aromatic rings. The summed E-state index contributed by atoms with van der Waals surface area (Å²) in [5.41, 5.74) is 0.307. The van der Waals surface area contributed by atoms with Crippen LogP contribution < -0.4 is 5.32 Å². The number of alkyl halides is 3. The zero-order valence-electron chi connectivity index (χ0n) is 13.3. The molecule has 6 nitrogen and oxygen atoms in total. The van der Waals surface area contributed by atoms with Crippen LogP contribution in [0.25, 0.3) is 0 Å². The van der Waals surface area contributed by atoms with E-state index >= 15 is 0 Å². The van der Waals surface area contributed by atoms with E-state index in [1.54, 1.807) is 0 Å². The van der Waals surface area contributed by atoms with Crippen LogP contribution in [0.4, 0.5) is 18.9 Å². The van der Waals surface area contributed by atoms with Crippen LogP contribution in [0.5, 0.6) is 0 Å². The maximum absolute atomic E-state index is 12.4. The molecule has 0 aromatic heterocycles. The topological polar surface area (TPSA) is 83.5 Å². The molecular formula is C15H17F3N2O4S. The molecule has 1 atom stereocenters. The van der Waals surface area contributed by atoms with E-state index in [9.17, 15) is 31.2 Å². The minimum atomic E-state index is -4.51. The van der Waals surface area contributed by atoms with Crippen molar-refractivity contribution in [1.29, 1.82) is 0 Å². The number of nitrogens with one attached hydrogen (secondary N) is 1. The number of carbonyl (C=O) groups is 2. The van der Waals surface area contributed by atoms with E-state index in [4.69, 9.17) is 0 Å². The van der Waals surface area contributed by atoms with Crippen molar-refractivity contribution in [3.8, 4) is 0 Å². The zero-order valence-corrected chi connectivity index (χ0v) is 14.2. The molecule has 1 N–H and O–H groups in total. The molecule has 10 heteroatoms. The number of anilines is 1. The highest BCUT2D eigenvalue weighted by Crippen LogP contribution is 2.25. The fourth-order valence-corrected chi connectivity index (χ4v) is 3.36. The number of hydrogen-bond acceptors (Lipinski definition) is 4. The van der Waals surface area contributed by atoms with Crippen LogP contribution in [0.2, 0.25) is 0 Å². The van der Waals surface area contributed by atoms with E-state index < -0.39 is 40.3 Å². The first-order chi connectivity index (χ1) is 11.5. The molecule has 0 saturated carbocycles. The van der Waals surface area contributed by atoms with Crippen LogP contribution in [0.1, 0.15) is 13.3 Å². The van der Waals surface area contributed by atoms with Crippen molar-refractivity contribution in [3.05, 3.63) is 24.3 Å². The van der Waals surface area contributed by atoms with Crippen molar-refractivity contribution < 1.29 is 31.2 Å². The molecule has 0 radical (unpaired) electrons. The maximum Gasteiger partial charge on any atom is 0.406 e. The van der Waals surface area contributed by atoms with E-state index in [1.807, 2.05) is 0 Å². The zero-order chi connectivity index (χ0) is 18.8. The smallest absolute Gasteiger partial charge is 0.333 e. The van der Waals surface area contributed by atoms with Crippen LogP contribution in [-0.4, -0.2) is 50.2 Å². The standard InChI is InChI=1S/C15H17F3N2O4S/c1-2-25(23,24)12-5-3-11(4-6-12)19-14(22)10-7-13(21)20(8-10)9-15(16,17)18/h3-6,10H,2,7-9H2,1H3,(H,19,22). The van der Waals surface area contributed by atoms with Gasteiger partial charge in [0.25, 0.3) is 0 Å². The minimum Gasteiger partial charge on any atom is -0.333 e. The van der Waals surface area contributed by atoms with E-state index in [0.29, 0.717) is 10.6 Å². The third-order valence-electron chi connectivity index (χ3n) is 3.82. The lowest BCUT2D eigenvalue weighted by molar-refractivity contribution is -0.157. The van der Waals surface area contributed by atoms with Gasteiger partial charge in [0, 0.05) is 18.7 Å². The first-order valence-corrected chi connectivity index (χ1v) is 9.15. The predicted octanol–water partition coefficient (Wildman–Crippen LogP) is 1.83. The molecule has 25 heavy (non-hydrogen) atoms. The average Bonchev–Trinajstić information content (AvgIpc) is 2.87. The lowest BCUT2D eigenvalue weighted by atomic mass is 10.1. The number of carbonyl (C=O) groups excluding carboxylic acids is 2. The Labute approximate surface area is 142 Å². The largest absolute Gasteiger partial charge is 0.406 e. The Balaban J connectivity index is 2.00. The fourth-order valence-electron chi connectivity index (χ4n) is 2.47. The molecule has 1 fully saturated rings. The monoisotopic (exact) mass is 378 g/mol. The van der Waals surface area contributed by atoms with Crippen molar-refractivity contribution in [1.82, 2.24) is 4.90 Å². The van der Waals surface area contributed by atoms with Gasteiger partial charge in [0.2, 0.25) is 11.8 Å². The maximum atomic E-state index is 12.4. The van der Waals surface area contributed by atoms with E-state index in [-0.39, 0.29) is 23.6 Å². The number of hydrogen-bond donors (Lipinski definition) is 1. The summed E-state index contributed by atoms with van der Waals surface area (Å²) in [6, 6.07) is 5.46. The van der Waals surface area contributed by atoms with Gasteiger partial charge < -0.3 is 10.2 Å². The van der Waals surface area contributed by atoms with Crippen molar-refractivity contribution >= 4 is 27.3 Å². The summed E-state index contributed by atoms with van der Waals surface area (Å²) < 4.78 is 60.5. The molecule has 0 bridgehead atoms. The van der Waals surface area contributed by atoms with Crippen molar-refractivity contribution in [2.75, 3.05) is 24.2 Å². The van der Waals surface area contributed by atoms with Crippen molar-refractivity contribution in [2.24, 2.45) is 5.92 Å². The van der Waals surface area contributed by atoms with Crippen molar-refractivity contribution in [2.45, 2.75) is 24.4 Å². The van der Waals surface area contributed by atoms with Crippen LogP contribution in [-0.2, 0) is 19.4 Å². The molecule has 138 valence electrons. The molecule has 2 amide bonds. The summed E-state index contributed by atoms with van der Waals surface area (Å²) in [6.45, 7) is -0.166. The minimum absolute atomic E-state index is 0.0576. The van der Waals surface area contributed by atoms with Crippen LogP contribution in [0, 0.1) is 5.92 Å². The highest BCUT2D eigenvalue weighted by Gasteiger charge is 2.40. The number of rotatable bonds is 5. The van der Waals surface area contributed by atoms with Gasteiger partial charge in [-0.15, -0.1) is 0 Å². The van der Waals surface area contributed by atoms with Gasteiger partial charge in [-0.25, -0.2) is 8.42 Å². The number of likely N-dealkylation sites (tertiary alicyclic amines) is 1. The van der Waals surface area contributed by atoms with E-state index in [0.717, 1.165) is 0 Å². The Morgan fingerprint density at radius 1 is 1.28 bits per heavy atom. The number of halogens is 3. The second kappa shape index (κ2) is 7.03. The molecule has 1 aromatic carbocycles. The van der Waals surface area contributed by atoms with Crippen molar-refractivity contribution in [3.63, 3.8) is 0 Å². The molecule has 1 aliphatic rings. The third kappa shape index (κ3) is 4.94. The Kier molecular flexibility index (Phi) is 5.40. The molecule has 1 saturated heterocycles. The van der Waals surface area contributed by atoms with Gasteiger partial charge in [-0.1, -0.05) is 6.92 Å². The van der Waals surface area contributed by atoms with Gasteiger partial charge in [0.1, 0.15) is 6.54 Å². The Morgan fingerprint density at radius 2 is 1.88 bits per heavy atom. The van der Waals surface area contributed by atoms with Gasteiger partial charge in [-0.2, -0.15) is 13.2 Å². The summed E-state index contributed by atoms with van der Waals surface area (Å²) in [5, 5.41) is 2.49. The average molecular weight is 378 g/mol. The van der Waals surface area contributed by atoms with Crippen LogP contribution in [0.3, 0.4) is 0 Å². The summed E-state index contributed by atoms with van der Waals surface area (Å²) in [4.78, 5) is 24.4. The number of amides is 2. The summed E-state index contributed by atoms with van der Waals surface area (Å²) in [7, 11) is -3.36. The lowest BCUT2D eigenvalue weighted by Crippen LogP contribution is -2.36. The number of sulfone groups is 1. The number of benzene rings is 1. The first-order valence-electron chi connectivity index (χ1n) is 7.50. The third-order valence-corrected chi connectivity index (χ3v) is 5.57. The molecule has 1 aliphatic heterocycles. The Hall–Kier alpha value is -2.10. The van der Waals surface area contributed by atoms with Crippen LogP contribution >= 0.6 is 0 Å². The normalized spacial score (nSPS) is 18.5. The molecular weight excluding hydrogens is 361 g/mol. The SMILES string of the molecule is CCS(=O)(=O)c1ccc(NC(=O)C2CC(=O)N(CC(F)(F)F)C2)cc1. The Morgan fingerprint density at radius 3 is 2.40 bits per heavy atom. The molecule has 0 spiro atoms. The van der Waals surface area contributed by atoms with Gasteiger partial charge in [0.05, 0.1) is 16.6 Å². The summed E-state index contributed by atoms with van der Waals surface area (Å²) in [6.07, 6.45) is -4.80. The highest BCUT2D eigenvalue weighted by molar-refractivity contribution is 7.91. The summed E-state index contributed by atoms with van der Waals surface area (Å²) >= 11 is 0.